The van der Waals surface area contributed by atoms with Crippen LogP contribution in [0.1, 0.15) is 78.6 Å². The van der Waals surface area contributed by atoms with E-state index in [0.29, 0.717) is 0 Å². The first-order valence-electron chi connectivity index (χ1n) is 10.5. The summed E-state index contributed by atoms with van der Waals surface area (Å²) in [6.07, 6.45) is 13.9. The van der Waals surface area contributed by atoms with Crippen molar-refractivity contribution in [3.05, 3.63) is 6.42 Å². The number of carbonyl (C=O) groups is 1. The summed E-state index contributed by atoms with van der Waals surface area (Å²) in [4.78, 5) is 16.6. The van der Waals surface area contributed by atoms with Gasteiger partial charge in [0.2, 0.25) is 0 Å². The standard InChI is InChI=1S/C21H39N2O2/c1-21(2,3)25-20(24)23-17-12-19(13-18-23)11-7-4-5-8-14-22-15-9-6-10-16-22/h5,19H,4,6-18H2,1-3H3. The van der Waals surface area contributed by atoms with Crippen molar-refractivity contribution in [3.8, 4) is 0 Å². The topological polar surface area (TPSA) is 32.8 Å². The van der Waals surface area contributed by atoms with Crippen LogP contribution >= 0.6 is 0 Å². The lowest BCUT2D eigenvalue weighted by atomic mass is 9.91. The molecule has 2 saturated heterocycles. The molecule has 0 aromatic heterocycles. The predicted molar refractivity (Wildman–Crippen MR) is 104 cm³/mol. The average molecular weight is 352 g/mol. The number of amides is 1. The lowest BCUT2D eigenvalue weighted by Crippen LogP contribution is -2.41. The van der Waals surface area contributed by atoms with E-state index in [1.54, 1.807) is 0 Å². The number of piperidine rings is 2. The van der Waals surface area contributed by atoms with Crippen molar-refractivity contribution >= 4 is 6.09 Å². The van der Waals surface area contributed by atoms with E-state index in [-0.39, 0.29) is 6.09 Å². The molecule has 25 heavy (non-hydrogen) atoms. The van der Waals surface area contributed by atoms with Crippen LogP contribution in [0.5, 0.6) is 0 Å². The molecule has 0 bridgehead atoms. The summed E-state index contributed by atoms with van der Waals surface area (Å²) < 4.78 is 5.47. The Morgan fingerprint density at radius 1 is 1.04 bits per heavy atom. The number of likely N-dealkylation sites (tertiary alicyclic amines) is 2. The van der Waals surface area contributed by atoms with Crippen LogP contribution in [0, 0.1) is 12.3 Å². The van der Waals surface area contributed by atoms with E-state index < -0.39 is 5.60 Å². The molecular weight excluding hydrogens is 312 g/mol. The molecule has 0 N–H and O–H groups in total. The van der Waals surface area contributed by atoms with E-state index in [4.69, 9.17) is 4.74 Å². The molecule has 2 rings (SSSR count). The minimum absolute atomic E-state index is 0.142. The Labute approximate surface area is 155 Å². The summed E-state index contributed by atoms with van der Waals surface area (Å²) in [5.41, 5.74) is -0.391. The van der Waals surface area contributed by atoms with Gasteiger partial charge in [-0.25, -0.2) is 4.79 Å². The van der Waals surface area contributed by atoms with Crippen molar-refractivity contribution in [2.45, 2.75) is 84.2 Å². The van der Waals surface area contributed by atoms with E-state index >= 15 is 0 Å². The fourth-order valence-electron chi connectivity index (χ4n) is 3.88. The van der Waals surface area contributed by atoms with Gasteiger partial charge in [-0.2, -0.15) is 0 Å². The van der Waals surface area contributed by atoms with Crippen molar-refractivity contribution in [3.63, 3.8) is 0 Å². The van der Waals surface area contributed by atoms with E-state index in [9.17, 15) is 4.79 Å². The SMILES string of the molecule is CC(C)(C)OC(=O)N1CCC(CCC[CH]CCN2CCCCC2)CC1. The monoisotopic (exact) mass is 351 g/mol. The highest BCUT2D eigenvalue weighted by Gasteiger charge is 2.26. The number of nitrogens with zero attached hydrogens (tertiary/aromatic N) is 2. The molecule has 2 fully saturated rings. The molecule has 0 unspecified atom stereocenters. The summed E-state index contributed by atoms with van der Waals surface area (Å²) in [7, 11) is 0. The number of ether oxygens (including phenoxy) is 1. The van der Waals surface area contributed by atoms with Crippen LogP contribution in [0.2, 0.25) is 0 Å². The number of rotatable bonds is 7. The molecule has 1 radical (unpaired) electrons. The normalized spacial score (nSPS) is 20.7. The number of unbranched alkanes of at least 4 members (excludes halogenated alkanes) is 3. The minimum atomic E-state index is -0.391. The molecular formula is C21H39N2O2. The maximum atomic E-state index is 12.1. The van der Waals surface area contributed by atoms with Gasteiger partial charge in [0, 0.05) is 13.1 Å². The Bertz CT molecular complexity index is 378. The van der Waals surface area contributed by atoms with Crippen molar-refractivity contribution in [1.29, 1.82) is 0 Å². The molecule has 0 aliphatic carbocycles. The molecule has 4 nitrogen and oxygen atoms in total. The quantitative estimate of drug-likeness (QED) is 0.613. The maximum Gasteiger partial charge on any atom is 0.410 e. The van der Waals surface area contributed by atoms with E-state index in [0.717, 1.165) is 31.8 Å². The van der Waals surface area contributed by atoms with Crippen molar-refractivity contribution in [2.24, 2.45) is 5.92 Å². The molecule has 0 spiro atoms. The third kappa shape index (κ3) is 8.44. The Morgan fingerprint density at radius 3 is 2.36 bits per heavy atom. The van der Waals surface area contributed by atoms with Gasteiger partial charge in [0.1, 0.15) is 5.60 Å². The smallest absolute Gasteiger partial charge is 0.410 e. The van der Waals surface area contributed by atoms with Gasteiger partial charge >= 0.3 is 6.09 Å². The second-order valence-electron chi connectivity index (χ2n) is 8.82. The summed E-state index contributed by atoms with van der Waals surface area (Å²) in [5.74, 6) is 0.786. The van der Waals surface area contributed by atoms with Gasteiger partial charge in [0.25, 0.3) is 0 Å². The van der Waals surface area contributed by atoms with E-state index in [1.165, 1.54) is 64.6 Å². The second-order valence-corrected chi connectivity index (χ2v) is 8.82. The predicted octanol–water partition coefficient (Wildman–Crippen LogP) is 4.88. The number of hydrogen-bond donors (Lipinski definition) is 0. The Balaban J connectivity index is 1.47. The van der Waals surface area contributed by atoms with Crippen LogP contribution < -0.4 is 0 Å². The fourth-order valence-corrected chi connectivity index (χ4v) is 3.88. The number of carbonyl (C=O) groups excluding carboxylic acids is 1. The number of hydrogen-bond acceptors (Lipinski definition) is 3. The highest BCUT2D eigenvalue weighted by molar-refractivity contribution is 5.68. The van der Waals surface area contributed by atoms with Crippen LogP contribution in [0.3, 0.4) is 0 Å². The van der Waals surface area contributed by atoms with Crippen LogP contribution in [-0.2, 0) is 4.74 Å². The summed E-state index contributed by atoms with van der Waals surface area (Å²) in [5, 5.41) is 0. The van der Waals surface area contributed by atoms with Crippen molar-refractivity contribution < 1.29 is 9.53 Å². The molecule has 0 aromatic rings. The molecule has 145 valence electrons. The summed E-state index contributed by atoms with van der Waals surface area (Å²) in [6.45, 7) is 11.4. The Kier molecular flexibility index (Phi) is 8.54. The highest BCUT2D eigenvalue weighted by Crippen LogP contribution is 2.24. The van der Waals surface area contributed by atoms with Crippen molar-refractivity contribution in [1.82, 2.24) is 9.80 Å². The molecule has 2 aliphatic rings. The first kappa shape index (κ1) is 20.5. The largest absolute Gasteiger partial charge is 0.444 e. The lowest BCUT2D eigenvalue weighted by molar-refractivity contribution is 0.0180. The first-order chi connectivity index (χ1) is 11.9. The zero-order valence-electron chi connectivity index (χ0n) is 16.8. The highest BCUT2D eigenvalue weighted by atomic mass is 16.6. The summed E-state index contributed by atoms with van der Waals surface area (Å²) in [6, 6.07) is 0. The third-order valence-electron chi connectivity index (χ3n) is 5.38. The second kappa shape index (κ2) is 10.4. The van der Waals surface area contributed by atoms with Crippen LogP contribution in [0.15, 0.2) is 0 Å². The van der Waals surface area contributed by atoms with Crippen LogP contribution in [0.25, 0.3) is 0 Å². The van der Waals surface area contributed by atoms with Gasteiger partial charge in [-0.05, 0) is 84.8 Å². The van der Waals surface area contributed by atoms with Gasteiger partial charge < -0.3 is 14.5 Å². The van der Waals surface area contributed by atoms with E-state index in [2.05, 4.69) is 11.3 Å². The fraction of sp³-hybridized carbons (Fsp3) is 0.905. The maximum absolute atomic E-state index is 12.1. The van der Waals surface area contributed by atoms with Gasteiger partial charge in [0.15, 0.2) is 0 Å². The molecule has 0 aromatic carbocycles. The molecule has 0 saturated carbocycles. The molecule has 2 heterocycles. The Hall–Kier alpha value is -0.770. The molecule has 4 heteroatoms. The van der Waals surface area contributed by atoms with Crippen LogP contribution in [-0.4, -0.2) is 54.2 Å². The lowest BCUT2D eigenvalue weighted by Gasteiger charge is -2.33. The zero-order valence-corrected chi connectivity index (χ0v) is 16.8. The first-order valence-corrected chi connectivity index (χ1v) is 10.5. The molecule has 2 aliphatic heterocycles. The van der Waals surface area contributed by atoms with Gasteiger partial charge in [-0.15, -0.1) is 0 Å². The Morgan fingerprint density at radius 2 is 1.72 bits per heavy atom. The minimum Gasteiger partial charge on any atom is -0.444 e. The third-order valence-corrected chi connectivity index (χ3v) is 5.38. The van der Waals surface area contributed by atoms with Crippen molar-refractivity contribution in [2.75, 3.05) is 32.7 Å². The average Bonchev–Trinajstić information content (AvgIpc) is 2.58. The molecule has 1 amide bonds. The zero-order chi connectivity index (χ0) is 18.1. The summed E-state index contributed by atoms with van der Waals surface area (Å²) >= 11 is 0. The molecule has 0 atom stereocenters. The van der Waals surface area contributed by atoms with Crippen LogP contribution in [0.4, 0.5) is 4.79 Å². The van der Waals surface area contributed by atoms with Gasteiger partial charge in [0.05, 0.1) is 0 Å². The van der Waals surface area contributed by atoms with Gasteiger partial charge in [-0.3, -0.25) is 0 Å². The van der Waals surface area contributed by atoms with Gasteiger partial charge in [-0.1, -0.05) is 25.7 Å². The van der Waals surface area contributed by atoms with E-state index in [1.807, 2.05) is 25.7 Å².